The molecule has 78 valence electrons. The van der Waals surface area contributed by atoms with E-state index in [0.717, 1.165) is 5.03 Å². The van der Waals surface area contributed by atoms with E-state index < -0.39 is 0 Å². The van der Waals surface area contributed by atoms with Crippen LogP contribution in [0.4, 0.5) is 5.69 Å². The molecule has 0 fully saturated rings. The SMILES string of the molecule is Cc1nc(CSc2ncccc2N)no1. The summed E-state index contributed by atoms with van der Waals surface area (Å²) in [4.78, 5) is 8.24. The normalized spacial score (nSPS) is 10.5. The first-order valence-corrected chi connectivity index (χ1v) is 5.37. The number of hydrogen-bond acceptors (Lipinski definition) is 6. The number of nitrogen functional groups attached to an aromatic ring is 1. The minimum absolute atomic E-state index is 0.569. The van der Waals surface area contributed by atoms with E-state index in [-0.39, 0.29) is 0 Å². The predicted molar refractivity (Wildman–Crippen MR) is 57.2 cm³/mol. The Morgan fingerprint density at radius 1 is 1.53 bits per heavy atom. The Bertz CT molecular complexity index is 457. The number of aryl methyl sites for hydroxylation is 1. The van der Waals surface area contributed by atoms with E-state index >= 15 is 0 Å². The average Bonchev–Trinajstić information content (AvgIpc) is 2.63. The molecule has 0 aromatic carbocycles. The third kappa shape index (κ3) is 2.47. The molecule has 15 heavy (non-hydrogen) atoms. The number of pyridine rings is 1. The number of hydrogen-bond donors (Lipinski definition) is 1. The number of aromatic nitrogens is 3. The topological polar surface area (TPSA) is 77.8 Å². The van der Waals surface area contributed by atoms with Crippen LogP contribution in [-0.4, -0.2) is 15.1 Å². The van der Waals surface area contributed by atoms with E-state index in [1.165, 1.54) is 11.8 Å². The lowest BCUT2D eigenvalue weighted by molar-refractivity contribution is 0.389. The summed E-state index contributed by atoms with van der Waals surface area (Å²) in [6.45, 7) is 1.76. The lowest BCUT2D eigenvalue weighted by Gasteiger charge is -2.00. The molecular weight excluding hydrogens is 212 g/mol. The predicted octanol–water partition coefficient (Wildman–Crippen LogP) is 1.65. The molecule has 2 heterocycles. The van der Waals surface area contributed by atoms with Crippen molar-refractivity contribution in [3.63, 3.8) is 0 Å². The molecule has 0 unspecified atom stereocenters. The molecule has 2 N–H and O–H groups in total. The van der Waals surface area contributed by atoms with Crippen LogP contribution in [0, 0.1) is 6.92 Å². The Kier molecular flexibility index (Phi) is 2.86. The highest BCUT2D eigenvalue weighted by Crippen LogP contribution is 2.24. The third-order valence-corrected chi connectivity index (χ3v) is 2.73. The summed E-state index contributed by atoms with van der Waals surface area (Å²) in [5.41, 5.74) is 6.41. The summed E-state index contributed by atoms with van der Waals surface area (Å²) in [5.74, 6) is 1.83. The van der Waals surface area contributed by atoms with Gasteiger partial charge >= 0.3 is 0 Å². The van der Waals surface area contributed by atoms with Gasteiger partial charge in [0.1, 0.15) is 5.03 Å². The van der Waals surface area contributed by atoms with Gasteiger partial charge in [-0.05, 0) is 12.1 Å². The van der Waals surface area contributed by atoms with Gasteiger partial charge in [0.25, 0.3) is 0 Å². The minimum Gasteiger partial charge on any atom is -0.397 e. The molecule has 0 aliphatic carbocycles. The van der Waals surface area contributed by atoms with E-state index in [0.29, 0.717) is 23.2 Å². The van der Waals surface area contributed by atoms with Crippen LogP contribution in [0.5, 0.6) is 0 Å². The van der Waals surface area contributed by atoms with Gasteiger partial charge in [-0.25, -0.2) is 4.98 Å². The van der Waals surface area contributed by atoms with E-state index in [4.69, 9.17) is 10.3 Å². The second kappa shape index (κ2) is 4.31. The quantitative estimate of drug-likeness (QED) is 0.795. The number of anilines is 1. The molecular formula is C9H10N4OS. The van der Waals surface area contributed by atoms with E-state index in [1.807, 2.05) is 6.07 Å². The van der Waals surface area contributed by atoms with Crippen molar-refractivity contribution in [3.8, 4) is 0 Å². The number of rotatable bonds is 3. The average molecular weight is 222 g/mol. The minimum atomic E-state index is 0.569. The largest absolute Gasteiger partial charge is 0.397 e. The fourth-order valence-electron chi connectivity index (χ4n) is 1.06. The zero-order chi connectivity index (χ0) is 10.7. The van der Waals surface area contributed by atoms with Crippen molar-refractivity contribution in [1.29, 1.82) is 0 Å². The summed E-state index contributed by atoms with van der Waals surface area (Å²) in [5, 5.41) is 4.58. The second-order valence-electron chi connectivity index (χ2n) is 2.92. The van der Waals surface area contributed by atoms with Gasteiger partial charge in [0, 0.05) is 13.1 Å². The number of nitrogens with zero attached hydrogens (tertiary/aromatic N) is 3. The molecule has 0 saturated carbocycles. The molecule has 0 bridgehead atoms. The van der Waals surface area contributed by atoms with Crippen molar-refractivity contribution in [3.05, 3.63) is 30.0 Å². The molecule has 0 aliphatic heterocycles. The molecule has 2 rings (SSSR count). The zero-order valence-electron chi connectivity index (χ0n) is 8.17. The fraction of sp³-hybridized carbons (Fsp3) is 0.222. The van der Waals surface area contributed by atoms with Gasteiger partial charge in [-0.2, -0.15) is 4.98 Å². The Morgan fingerprint density at radius 2 is 2.40 bits per heavy atom. The maximum atomic E-state index is 5.74. The van der Waals surface area contributed by atoms with Crippen molar-refractivity contribution < 1.29 is 4.52 Å². The standard InChI is InChI=1S/C9H10N4OS/c1-6-12-8(13-14-6)5-15-9-7(10)3-2-4-11-9/h2-4H,5,10H2,1H3. The van der Waals surface area contributed by atoms with Crippen LogP contribution in [0.25, 0.3) is 0 Å². The Labute approximate surface area is 91.1 Å². The maximum absolute atomic E-state index is 5.74. The van der Waals surface area contributed by atoms with Gasteiger partial charge in [0.2, 0.25) is 5.89 Å². The summed E-state index contributed by atoms with van der Waals surface area (Å²) in [7, 11) is 0. The Hall–Kier alpha value is -1.56. The number of thioether (sulfide) groups is 1. The van der Waals surface area contributed by atoms with E-state index in [1.54, 1.807) is 19.2 Å². The lowest BCUT2D eigenvalue weighted by atomic mass is 10.4. The monoisotopic (exact) mass is 222 g/mol. The van der Waals surface area contributed by atoms with Gasteiger partial charge in [0.15, 0.2) is 5.82 Å². The molecule has 6 heteroatoms. The smallest absolute Gasteiger partial charge is 0.223 e. The van der Waals surface area contributed by atoms with Crippen LogP contribution in [0.1, 0.15) is 11.7 Å². The fourth-order valence-corrected chi connectivity index (χ4v) is 1.81. The van der Waals surface area contributed by atoms with Crippen molar-refractivity contribution in [2.45, 2.75) is 17.7 Å². The summed E-state index contributed by atoms with van der Waals surface area (Å²) < 4.78 is 4.86. The van der Waals surface area contributed by atoms with Crippen LogP contribution < -0.4 is 5.73 Å². The lowest BCUT2D eigenvalue weighted by Crippen LogP contribution is -1.92. The second-order valence-corrected chi connectivity index (χ2v) is 3.88. The van der Waals surface area contributed by atoms with Crippen molar-refractivity contribution in [2.24, 2.45) is 0 Å². The molecule has 0 atom stereocenters. The highest BCUT2D eigenvalue weighted by atomic mass is 32.2. The molecule has 0 radical (unpaired) electrons. The molecule has 0 saturated heterocycles. The molecule has 5 nitrogen and oxygen atoms in total. The summed E-state index contributed by atoms with van der Waals surface area (Å²) in [6.07, 6.45) is 1.71. The van der Waals surface area contributed by atoms with Crippen LogP contribution in [0.3, 0.4) is 0 Å². The summed E-state index contributed by atoms with van der Waals surface area (Å²) >= 11 is 1.49. The highest BCUT2D eigenvalue weighted by Gasteiger charge is 2.05. The van der Waals surface area contributed by atoms with E-state index in [9.17, 15) is 0 Å². The Morgan fingerprint density at radius 3 is 3.07 bits per heavy atom. The molecule has 2 aromatic heterocycles. The van der Waals surface area contributed by atoms with Gasteiger partial charge in [-0.15, -0.1) is 0 Å². The third-order valence-electron chi connectivity index (χ3n) is 1.71. The van der Waals surface area contributed by atoms with Crippen LogP contribution in [0.2, 0.25) is 0 Å². The van der Waals surface area contributed by atoms with Crippen molar-refractivity contribution >= 4 is 17.4 Å². The van der Waals surface area contributed by atoms with Crippen molar-refractivity contribution in [1.82, 2.24) is 15.1 Å². The van der Waals surface area contributed by atoms with Gasteiger partial charge in [0.05, 0.1) is 11.4 Å². The van der Waals surface area contributed by atoms with Crippen molar-refractivity contribution in [2.75, 3.05) is 5.73 Å². The van der Waals surface area contributed by atoms with Gasteiger partial charge < -0.3 is 10.3 Å². The highest BCUT2D eigenvalue weighted by molar-refractivity contribution is 7.98. The molecule has 0 spiro atoms. The maximum Gasteiger partial charge on any atom is 0.223 e. The Balaban J connectivity index is 2.02. The zero-order valence-corrected chi connectivity index (χ0v) is 8.99. The first-order chi connectivity index (χ1) is 7.25. The van der Waals surface area contributed by atoms with Crippen LogP contribution in [-0.2, 0) is 5.75 Å². The molecule has 0 aliphatic rings. The first-order valence-electron chi connectivity index (χ1n) is 4.38. The first kappa shape index (κ1) is 9.97. The number of nitrogens with two attached hydrogens (primary N) is 1. The summed E-state index contributed by atoms with van der Waals surface area (Å²) in [6, 6.07) is 3.62. The molecule has 2 aromatic rings. The van der Waals surface area contributed by atoms with Gasteiger partial charge in [-0.1, -0.05) is 16.9 Å². The molecule has 0 amide bonds. The van der Waals surface area contributed by atoms with Crippen LogP contribution in [0.15, 0.2) is 27.9 Å². The van der Waals surface area contributed by atoms with Crippen LogP contribution >= 0.6 is 11.8 Å². The van der Waals surface area contributed by atoms with Gasteiger partial charge in [-0.3, -0.25) is 0 Å². The van der Waals surface area contributed by atoms with E-state index in [2.05, 4.69) is 15.1 Å².